The number of benzene rings is 2. The van der Waals surface area contributed by atoms with Crippen LogP contribution in [0, 0.1) is 5.92 Å². The van der Waals surface area contributed by atoms with Crippen LogP contribution in [0.4, 0.5) is 0 Å². The molecule has 0 N–H and O–H groups in total. The fourth-order valence-corrected chi connectivity index (χ4v) is 5.65. The second-order valence-electron chi connectivity index (χ2n) is 5.50. The standard InChI is InChI=1S/C20H20O2S2/c1-22-17-10-7-15(8-11-17)9-12-18(20-23-13-14-24-20)19(21)16-5-3-2-4-6-16/h2-12,18,20H,13-14H2,1H3/b12-9+. The molecule has 0 aliphatic carbocycles. The van der Waals surface area contributed by atoms with Crippen LogP contribution < -0.4 is 4.74 Å². The normalized spacial score (nSPS) is 16.4. The summed E-state index contributed by atoms with van der Waals surface area (Å²) >= 11 is 3.77. The number of ketones is 1. The van der Waals surface area contributed by atoms with Crippen LogP contribution in [0.25, 0.3) is 6.08 Å². The summed E-state index contributed by atoms with van der Waals surface area (Å²) in [6.45, 7) is 0. The van der Waals surface area contributed by atoms with Crippen molar-refractivity contribution in [1.82, 2.24) is 0 Å². The summed E-state index contributed by atoms with van der Waals surface area (Å²) in [6.07, 6.45) is 4.11. The minimum atomic E-state index is -0.105. The monoisotopic (exact) mass is 356 g/mol. The van der Waals surface area contributed by atoms with Gasteiger partial charge in [0.05, 0.1) is 17.6 Å². The van der Waals surface area contributed by atoms with E-state index in [4.69, 9.17) is 4.74 Å². The molecule has 0 saturated carbocycles. The van der Waals surface area contributed by atoms with Gasteiger partial charge in [-0.25, -0.2) is 0 Å². The number of methoxy groups -OCH3 is 1. The van der Waals surface area contributed by atoms with E-state index < -0.39 is 0 Å². The fraction of sp³-hybridized carbons (Fsp3) is 0.250. The van der Waals surface area contributed by atoms with E-state index in [9.17, 15) is 4.79 Å². The second-order valence-corrected chi connectivity index (χ2v) is 8.30. The van der Waals surface area contributed by atoms with Crippen molar-refractivity contribution in [2.45, 2.75) is 4.58 Å². The largest absolute Gasteiger partial charge is 0.497 e. The first-order valence-corrected chi connectivity index (χ1v) is 10.0. The Balaban J connectivity index is 1.81. The molecule has 2 aromatic rings. The Morgan fingerprint density at radius 3 is 2.38 bits per heavy atom. The Hall–Kier alpha value is -1.65. The third-order valence-electron chi connectivity index (χ3n) is 3.91. The molecule has 0 aromatic heterocycles. The Labute approximate surface area is 151 Å². The summed E-state index contributed by atoms with van der Waals surface area (Å²) in [5.74, 6) is 3.17. The van der Waals surface area contributed by atoms with Crippen LogP contribution in [0.15, 0.2) is 60.7 Å². The maximum Gasteiger partial charge on any atom is 0.171 e. The molecule has 2 aromatic carbocycles. The predicted molar refractivity (Wildman–Crippen MR) is 105 cm³/mol. The number of hydrogen-bond donors (Lipinski definition) is 0. The van der Waals surface area contributed by atoms with E-state index >= 15 is 0 Å². The molecule has 1 aliphatic rings. The van der Waals surface area contributed by atoms with Gasteiger partial charge in [-0.1, -0.05) is 54.6 Å². The average molecular weight is 357 g/mol. The lowest BCUT2D eigenvalue weighted by Crippen LogP contribution is -2.20. The first-order chi connectivity index (χ1) is 11.8. The van der Waals surface area contributed by atoms with E-state index in [0.717, 1.165) is 28.4 Å². The number of carbonyl (C=O) groups is 1. The zero-order valence-electron chi connectivity index (χ0n) is 13.6. The highest BCUT2D eigenvalue weighted by atomic mass is 32.2. The van der Waals surface area contributed by atoms with Crippen LogP contribution in [-0.2, 0) is 0 Å². The SMILES string of the molecule is COc1ccc(/C=C/C(C(=O)c2ccccc2)C2SCCS2)cc1. The van der Waals surface area contributed by atoms with Crippen molar-refractivity contribution in [3.8, 4) is 5.75 Å². The Bertz CT molecular complexity index is 689. The molecular formula is C20H20O2S2. The minimum Gasteiger partial charge on any atom is -0.497 e. The minimum absolute atomic E-state index is 0.105. The maximum atomic E-state index is 13.0. The van der Waals surface area contributed by atoms with Gasteiger partial charge in [-0.15, -0.1) is 23.5 Å². The topological polar surface area (TPSA) is 26.3 Å². The lowest BCUT2D eigenvalue weighted by Gasteiger charge is -2.17. The van der Waals surface area contributed by atoms with E-state index in [-0.39, 0.29) is 11.7 Å². The molecule has 0 spiro atoms. The molecule has 2 nitrogen and oxygen atoms in total. The lowest BCUT2D eigenvalue weighted by molar-refractivity contribution is 0.0952. The fourth-order valence-electron chi connectivity index (χ4n) is 2.61. The van der Waals surface area contributed by atoms with Gasteiger partial charge in [0.25, 0.3) is 0 Å². The molecule has 1 aliphatic heterocycles. The van der Waals surface area contributed by atoms with Gasteiger partial charge in [-0.2, -0.15) is 0 Å². The van der Waals surface area contributed by atoms with Crippen LogP contribution in [0.5, 0.6) is 5.75 Å². The van der Waals surface area contributed by atoms with Crippen LogP contribution >= 0.6 is 23.5 Å². The molecule has 0 amide bonds. The predicted octanol–water partition coefficient (Wildman–Crippen LogP) is 5.01. The van der Waals surface area contributed by atoms with Crippen molar-refractivity contribution < 1.29 is 9.53 Å². The lowest BCUT2D eigenvalue weighted by atomic mass is 9.97. The summed E-state index contributed by atoms with van der Waals surface area (Å²) in [5.41, 5.74) is 1.87. The van der Waals surface area contributed by atoms with Crippen molar-refractivity contribution in [2.24, 2.45) is 5.92 Å². The van der Waals surface area contributed by atoms with E-state index in [1.165, 1.54) is 0 Å². The Kier molecular flexibility index (Phi) is 6.05. The van der Waals surface area contributed by atoms with E-state index in [2.05, 4.69) is 6.08 Å². The number of carbonyl (C=O) groups excluding carboxylic acids is 1. The zero-order chi connectivity index (χ0) is 16.8. The highest BCUT2D eigenvalue weighted by Gasteiger charge is 2.30. The average Bonchev–Trinajstić information content (AvgIpc) is 3.17. The molecule has 1 atom stereocenters. The van der Waals surface area contributed by atoms with Gasteiger partial charge >= 0.3 is 0 Å². The number of Topliss-reactive ketones (excluding diaryl/α,β-unsaturated/α-hetero) is 1. The summed E-state index contributed by atoms with van der Waals surface area (Å²) in [4.78, 5) is 13.0. The molecule has 1 saturated heterocycles. The van der Waals surface area contributed by atoms with Gasteiger partial charge in [0.15, 0.2) is 5.78 Å². The molecule has 3 rings (SSSR count). The smallest absolute Gasteiger partial charge is 0.171 e. The van der Waals surface area contributed by atoms with E-state index in [0.29, 0.717) is 4.58 Å². The number of hydrogen-bond acceptors (Lipinski definition) is 4. The zero-order valence-corrected chi connectivity index (χ0v) is 15.2. The summed E-state index contributed by atoms with van der Waals surface area (Å²) in [5, 5.41) is 0. The van der Waals surface area contributed by atoms with Crippen LogP contribution in [0.3, 0.4) is 0 Å². The molecule has 1 unspecified atom stereocenters. The molecule has 0 radical (unpaired) electrons. The first-order valence-electron chi connectivity index (χ1n) is 7.92. The molecule has 124 valence electrons. The molecule has 1 heterocycles. The van der Waals surface area contributed by atoms with Crippen LogP contribution in [-0.4, -0.2) is 29.0 Å². The highest BCUT2D eigenvalue weighted by Crippen LogP contribution is 2.39. The molecule has 0 bridgehead atoms. The van der Waals surface area contributed by atoms with Crippen molar-refractivity contribution in [3.05, 3.63) is 71.8 Å². The van der Waals surface area contributed by atoms with Gasteiger partial charge < -0.3 is 4.74 Å². The van der Waals surface area contributed by atoms with Crippen molar-refractivity contribution in [3.63, 3.8) is 0 Å². The number of rotatable bonds is 6. The second kappa shape index (κ2) is 8.45. The molecule has 1 fully saturated rings. The van der Waals surface area contributed by atoms with Crippen LogP contribution in [0.2, 0.25) is 0 Å². The van der Waals surface area contributed by atoms with Gasteiger partial charge in [0.2, 0.25) is 0 Å². The third-order valence-corrected chi connectivity index (χ3v) is 7.11. The van der Waals surface area contributed by atoms with E-state index in [1.807, 2.05) is 84.2 Å². The first kappa shape index (κ1) is 17.2. The number of ether oxygens (including phenoxy) is 1. The summed E-state index contributed by atoms with van der Waals surface area (Å²) < 4.78 is 5.49. The van der Waals surface area contributed by atoms with Gasteiger partial charge in [0, 0.05) is 17.1 Å². The maximum absolute atomic E-state index is 13.0. The third kappa shape index (κ3) is 4.25. The van der Waals surface area contributed by atoms with Crippen molar-refractivity contribution >= 4 is 35.4 Å². The van der Waals surface area contributed by atoms with E-state index in [1.54, 1.807) is 7.11 Å². The Morgan fingerprint density at radius 1 is 1.08 bits per heavy atom. The van der Waals surface area contributed by atoms with Crippen molar-refractivity contribution in [1.29, 1.82) is 0 Å². The van der Waals surface area contributed by atoms with Crippen molar-refractivity contribution in [2.75, 3.05) is 18.6 Å². The number of thioether (sulfide) groups is 2. The van der Waals surface area contributed by atoms with Crippen LogP contribution in [0.1, 0.15) is 15.9 Å². The summed E-state index contributed by atoms with van der Waals surface area (Å²) in [6, 6.07) is 17.5. The van der Waals surface area contributed by atoms with Gasteiger partial charge in [0.1, 0.15) is 5.75 Å². The molecule has 4 heteroatoms. The molecule has 24 heavy (non-hydrogen) atoms. The molecular weight excluding hydrogens is 336 g/mol. The number of allylic oxidation sites excluding steroid dienone is 1. The van der Waals surface area contributed by atoms with Gasteiger partial charge in [-0.05, 0) is 17.7 Å². The van der Waals surface area contributed by atoms with Gasteiger partial charge in [-0.3, -0.25) is 4.79 Å². The summed E-state index contributed by atoms with van der Waals surface area (Å²) in [7, 11) is 1.66. The highest BCUT2D eigenvalue weighted by molar-refractivity contribution is 8.20. The quantitative estimate of drug-likeness (QED) is 0.679. The Morgan fingerprint density at radius 2 is 1.75 bits per heavy atom.